The minimum Gasteiger partial charge on any atom is -0.505 e. The van der Waals surface area contributed by atoms with Crippen LogP contribution in [0.25, 0.3) is 0 Å². The maximum absolute atomic E-state index is 11.7. The summed E-state index contributed by atoms with van der Waals surface area (Å²) in [4.78, 5) is 23.2. The van der Waals surface area contributed by atoms with Gasteiger partial charge in [-0.05, 0) is 49.7 Å². The minimum atomic E-state index is -0.343. The molecule has 2 N–H and O–H groups in total. The molecule has 30 heavy (non-hydrogen) atoms. The largest absolute Gasteiger partial charge is 0.505 e. The first kappa shape index (κ1) is 21.4. The molecule has 0 saturated carbocycles. The van der Waals surface area contributed by atoms with Crippen molar-refractivity contribution in [2.24, 2.45) is 0 Å². The zero-order chi connectivity index (χ0) is 21.7. The molecule has 8 heteroatoms. The quantitative estimate of drug-likeness (QED) is 0.409. The molecular weight excluding hydrogens is 408 g/mol. The molecule has 0 atom stereocenters. The molecule has 0 spiro atoms. The van der Waals surface area contributed by atoms with Gasteiger partial charge in [0.1, 0.15) is 23.1 Å². The molecule has 156 valence electrons. The van der Waals surface area contributed by atoms with Crippen molar-refractivity contribution in [3.05, 3.63) is 75.6 Å². The predicted molar refractivity (Wildman–Crippen MR) is 111 cm³/mol. The Hall–Kier alpha value is -3.32. The molecule has 2 aromatic carbocycles. The third-order valence-electron chi connectivity index (χ3n) is 4.38. The van der Waals surface area contributed by atoms with E-state index in [1.54, 1.807) is 25.1 Å². The second-order valence-corrected chi connectivity index (χ2v) is 6.98. The third-order valence-corrected chi connectivity index (χ3v) is 4.74. The number of carbonyl (C=O) groups excluding carboxylic acids is 2. The van der Waals surface area contributed by atoms with Crippen molar-refractivity contribution >= 4 is 23.4 Å². The molecule has 0 unspecified atom stereocenters. The SMILES string of the molecule is CCOC(=O)c1ccc(Cc2cc(COc3ccc(C(C)=O)c(O)c3Cl)[nH]n2)cc1. The second-order valence-electron chi connectivity index (χ2n) is 6.60. The second kappa shape index (κ2) is 9.45. The maximum atomic E-state index is 11.7. The van der Waals surface area contributed by atoms with Crippen molar-refractivity contribution in [3.63, 3.8) is 0 Å². The summed E-state index contributed by atoms with van der Waals surface area (Å²) >= 11 is 6.09. The fourth-order valence-electron chi connectivity index (χ4n) is 2.85. The Morgan fingerprint density at radius 3 is 2.57 bits per heavy atom. The molecule has 7 nitrogen and oxygen atoms in total. The first-order chi connectivity index (χ1) is 14.4. The summed E-state index contributed by atoms with van der Waals surface area (Å²) in [5.41, 5.74) is 3.17. The van der Waals surface area contributed by atoms with Gasteiger partial charge >= 0.3 is 5.97 Å². The molecule has 3 aromatic rings. The molecule has 0 aliphatic heterocycles. The Kier molecular flexibility index (Phi) is 6.74. The summed E-state index contributed by atoms with van der Waals surface area (Å²) in [5.74, 6) is -0.651. The van der Waals surface area contributed by atoms with E-state index in [1.165, 1.54) is 13.0 Å². The summed E-state index contributed by atoms with van der Waals surface area (Å²) < 4.78 is 10.6. The Morgan fingerprint density at radius 2 is 1.90 bits per heavy atom. The number of nitrogens with zero attached hydrogens (tertiary/aromatic N) is 1. The number of aromatic hydroxyl groups is 1. The van der Waals surface area contributed by atoms with E-state index in [1.807, 2.05) is 18.2 Å². The molecule has 1 heterocycles. The Morgan fingerprint density at radius 1 is 1.17 bits per heavy atom. The number of ketones is 1. The lowest BCUT2D eigenvalue weighted by Gasteiger charge is -2.10. The van der Waals surface area contributed by atoms with Crippen LogP contribution >= 0.6 is 11.6 Å². The predicted octanol–water partition coefficient (Wildman–Crippen LogP) is 4.32. The van der Waals surface area contributed by atoms with Crippen LogP contribution in [0.15, 0.2) is 42.5 Å². The standard InChI is InChI=1S/C22H21ClN2O5/c1-3-29-22(28)15-6-4-14(5-7-15)10-16-11-17(25-24-16)12-30-19-9-8-18(13(2)26)21(27)20(19)23/h4-9,11,27H,3,10,12H2,1-2H3,(H,24,25). The van der Waals surface area contributed by atoms with Gasteiger partial charge in [-0.25, -0.2) is 4.79 Å². The molecule has 0 aliphatic rings. The molecule has 1 aromatic heterocycles. The van der Waals surface area contributed by atoms with Gasteiger partial charge in [0.2, 0.25) is 0 Å². The number of esters is 1. The van der Waals surface area contributed by atoms with Crippen molar-refractivity contribution < 1.29 is 24.2 Å². The number of aromatic nitrogens is 2. The van der Waals surface area contributed by atoms with Crippen LogP contribution in [0.3, 0.4) is 0 Å². The van der Waals surface area contributed by atoms with E-state index in [2.05, 4.69) is 10.2 Å². The van der Waals surface area contributed by atoms with E-state index in [4.69, 9.17) is 21.1 Å². The molecule has 0 radical (unpaired) electrons. The minimum absolute atomic E-state index is 0.0101. The number of aromatic amines is 1. The molecule has 0 fully saturated rings. The van der Waals surface area contributed by atoms with Crippen LogP contribution in [0, 0.1) is 0 Å². The van der Waals surface area contributed by atoms with Gasteiger partial charge in [-0.2, -0.15) is 5.10 Å². The number of hydrogen-bond acceptors (Lipinski definition) is 6. The van der Waals surface area contributed by atoms with Gasteiger partial charge in [-0.1, -0.05) is 23.7 Å². The van der Waals surface area contributed by atoms with Crippen LogP contribution < -0.4 is 4.74 Å². The number of hydrogen-bond donors (Lipinski definition) is 2. The zero-order valence-corrected chi connectivity index (χ0v) is 17.3. The molecule has 0 aliphatic carbocycles. The topological polar surface area (TPSA) is 102 Å². The van der Waals surface area contributed by atoms with Gasteiger partial charge in [0.15, 0.2) is 5.78 Å². The van der Waals surface area contributed by atoms with Crippen LogP contribution in [0.5, 0.6) is 11.5 Å². The molecule has 3 rings (SSSR count). The normalized spacial score (nSPS) is 10.6. The monoisotopic (exact) mass is 428 g/mol. The average molecular weight is 429 g/mol. The van der Waals surface area contributed by atoms with Crippen LogP contribution in [0.4, 0.5) is 0 Å². The number of phenols is 1. The number of ether oxygens (including phenoxy) is 2. The van der Waals surface area contributed by atoms with E-state index in [0.717, 1.165) is 17.0 Å². The molecule has 0 saturated heterocycles. The van der Waals surface area contributed by atoms with E-state index in [0.29, 0.717) is 18.6 Å². The highest BCUT2D eigenvalue weighted by Gasteiger charge is 2.15. The summed E-state index contributed by atoms with van der Waals surface area (Å²) in [6.45, 7) is 3.61. The fraction of sp³-hybridized carbons (Fsp3) is 0.227. The van der Waals surface area contributed by atoms with E-state index < -0.39 is 0 Å². The molecule has 0 bridgehead atoms. The summed E-state index contributed by atoms with van der Waals surface area (Å²) in [6, 6.07) is 12.0. The lowest BCUT2D eigenvalue weighted by molar-refractivity contribution is 0.0526. The number of phenolic OH excluding ortho intramolecular Hbond substituents is 1. The van der Waals surface area contributed by atoms with Crippen LogP contribution in [0.1, 0.15) is 51.5 Å². The highest BCUT2D eigenvalue weighted by Crippen LogP contribution is 2.36. The lowest BCUT2D eigenvalue weighted by atomic mass is 10.1. The van der Waals surface area contributed by atoms with Crippen molar-refractivity contribution in [1.82, 2.24) is 10.2 Å². The van der Waals surface area contributed by atoms with Gasteiger partial charge < -0.3 is 14.6 Å². The van der Waals surface area contributed by atoms with Gasteiger partial charge in [-0.3, -0.25) is 9.89 Å². The average Bonchev–Trinajstić information content (AvgIpc) is 3.17. The Labute approximate surface area is 178 Å². The highest BCUT2D eigenvalue weighted by atomic mass is 35.5. The van der Waals surface area contributed by atoms with E-state index in [9.17, 15) is 14.7 Å². The zero-order valence-electron chi connectivity index (χ0n) is 16.6. The fourth-order valence-corrected chi connectivity index (χ4v) is 3.07. The smallest absolute Gasteiger partial charge is 0.338 e. The number of H-pyrrole nitrogens is 1. The summed E-state index contributed by atoms with van der Waals surface area (Å²) in [6.07, 6.45) is 0.578. The van der Waals surface area contributed by atoms with E-state index in [-0.39, 0.29) is 40.4 Å². The van der Waals surface area contributed by atoms with Crippen LogP contribution in [-0.4, -0.2) is 33.7 Å². The van der Waals surface area contributed by atoms with Crippen LogP contribution in [0.2, 0.25) is 5.02 Å². The van der Waals surface area contributed by atoms with Gasteiger partial charge in [0, 0.05) is 6.42 Å². The van der Waals surface area contributed by atoms with Crippen molar-refractivity contribution in [2.75, 3.05) is 6.61 Å². The van der Waals surface area contributed by atoms with Gasteiger partial charge in [0.25, 0.3) is 0 Å². The first-order valence-corrected chi connectivity index (χ1v) is 9.71. The number of carbonyl (C=O) groups is 2. The Balaban J connectivity index is 1.61. The molecular formula is C22H21ClN2O5. The van der Waals surface area contributed by atoms with Crippen molar-refractivity contribution in [2.45, 2.75) is 26.9 Å². The van der Waals surface area contributed by atoms with E-state index >= 15 is 0 Å². The Bertz CT molecular complexity index is 1060. The summed E-state index contributed by atoms with van der Waals surface area (Å²) in [7, 11) is 0. The number of benzene rings is 2. The highest BCUT2D eigenvalue weighted by molar-refractivity contribution is 6.34. The number of nitrogens with one attached hydrogen (secondary N) is 1. The maximum Gasteiger partial charge on any atom is 0.338 e. The molecule has 0 amide bonds. The van der Waals surface area contributed by atoms with Gasteiger partial charge in [0.05, 0.1) is 29.1 Å². The lowest BCUT2D eigenvalue weighted by Crippen LogP contribution is -2.04. The first-order valence-electron chi connectivity index (χ1n) is 9.33. The van der Waals surface area contributed by atoms with Gasteiger partial charge in [-0.15, -0.1) is 0 Å². The van der Waals surface area contributed by atoms with Crippen molar-refractivity contribution in [3.8, 4) is 11.5 Å². The van der Waals surface area contributed by atoms with Crippen LogP contribution in [-0.2, 0) is 17.8 Å². The number of rotatable bonds is 8. The summed E-state index contributed by atoms with van der Waals surface area (Å²) in [5, 5.41) is 17.2. The third kappa shape index (κ3) is 4.99. The number of halogens is 1. The van der Waals surface area contributed by atoms with Crippen molar-refractivity contribution in [1.29, 1.82) is 0 Å². The number of Topliss-reactive ketones (excluding diaryl/α,β-unsaturated/α-hetero) is 1.